The Morgan fingerprint density at radius 2 is 1.95 bits per heavy atom. The summed E-state index contributed by atoms with van der Waals surface area (Å²) < 4.78 is 16.4. The molecular formula is C18H24O3. The molecule has 1 atom stereocenters. The molecule has 1 aromatic rings. The summed E-state index contributed by atoms with van der Waals surface area (Å²) >= 11 is 0. The number of benzene rings is 1. The predicted octanol–water partition coefficient (Wildman–Crippen LogP) is 4.03. The van der Waals surface area contributed by atoms with Crippen molar-refractivity contribution in [1.29, 1.82) is 0 Å². The Kier molecular flexibility index (Phi) is 6.03. The van der Waals surface area contributed by atoms with Crippen LogP contribution in [0, 0.1) is 0 Å². The molecule has 0 aliphatic heterocycles. The van der Waals surface area contributed by atoms with E-state index in [0.29, 0.717) is 12.5 Å². The van der Waals surface area contributed by atoms with Gasteiger partial charge in [0.15, 0.2) is 6.79 Å². The molecule has 1 unspecified atom stereocenters. The van der Waals surface area contributed by atoms with Crippen LogP contribution in [0.4, 0.5) is 0 Å². The quantitative estimate of drug-likeness (QED) is 0.709. The highest BCUT2D eigenvalue weighted by Gasteiger charge is 2.18. The molecule has 3 heteroatoms. The number of allylic oxidation sites excluding steroid dienone is 2. The van der Waals surface area contributed by atoms with Gasteiger partial charge in [0, 0.05) is 13.0 Å². The zero-order valence-electron chi connectivity index (χ0n) is 13.0. The normalized spacial score (nSPS) is 18.4. The summed E-state index contributed by atoms with van der Waals surface area (Å²) in [5, 5.41) is 0. The number of ether oxygens (including phenoxy) is 3. The van der Waals surface area contributed by atoms with Crippen molar-refractivity contribution in [2.75, 3.05) is 20.5 Å². The van der Waals surface area contributed by atoms with Crippen molar-refractivity contribution in [2.24, 2.45) is 0 Å². The van der Waals surface area contributed by atoms with Gasteiger partial charge in [-0.2, -0.15) is 0 Å². The van der Waals surface area contributed by atoms with E-state index in [1.165, 1.54) is 11.1 Å². The Hall–Kier alpha value is -1.58. The zero-order valence-corrected chi connectivity index (χ0v) is 13.0. The fourth-order valence-electron chi connectivity index (χ4n) is 2.35. The van der Waals surface area contributed by atoms with Gasteiger partial charge in [0.25, 0.3) is 0 Å². The molecule has 1 aliphatic carbocycles. The van der Waals surface area contributed by atoms with E-state index in [-0.39, 0.29) is 12.9 Å². The molecular weight excluding hydrogens is 264 g/mol. The number of hydrogen-bond acceptors (Lipinski definition) is 3. The lowest BCUT2D eigenvalue weighted by molar-refractivity contribution is 0.00881. The molecule has 0 aromatic heterocycles. The molecule has 0 saturated heterocycles. The van der Waals surface area contributed by atoms with Gasteiger partial charge in [0.05, 0.1) is 12.7 Å². The Labute approximate surface area is 127 Å². The van der Waals surface area contributed by atoms with Crippen LogP contribution >= 0.6 is 0 Å². The monoisotopic (exact) mass is 288 g/mol. The fourth-order valence-corrected chi connectivity index (χ4v) is 2.35. The Morgan fingerprint density at radius 3 is 2.62 bits per heavy atom. The topological polar surface area (TPSA) is 27.7 Å². The third-order valence-corrected chi connectivity index (χ3v) is 3.37. The SMILES string of the molecule is COCOC1=CC(c2ccccc2)CC(COC(C)C)=C1. The van der Waals surface area contributed by atoms with Crippen LogP contribution in [0.25, 0.3) is 0 Å². The first-order valence-electron chi connectivity index (χ1n) is 7.38. The van der Waals surface area contributed by atoms with Gasteiger partial charge in [-0.25, -0.2) is 0 Å². The second-order valence-corrected chi connectivity index (χ2v) is 5.50. The van der Waals surface area contributed by atoms with Crippen LogP contribution in [0.15, 0.2) is 53.8 Å². The van der Waals surface area contributed by atoms with Crippen LogP contribution in [0.3, 0.4) is 0 Å². The molecule has 0 N–H and O–H groups in total. The van der Waals surface area contributed by atoms with E-state index in [9.17, 15) is 0 Å². The first kappa shape index (κ1) is 15.8. The van der Waals surface area contributed by atoms with Gasteiger partial charge in [0.1, 0.15) is 5.76 Å². The lowest BCUT2D eigenvalue weighted by Crippen LogP contribution is -2.12. The summed E-state index contributed by atoms with van der Waals surface area (Å²) in [6.07, 6.45) is 5.43. The second kappa shape index (κ2) is 8.01. The third-order valence-electron chi connectivity index (χ3n) is 3.37. The summed E-state index contributed by atoms with van der Waals surface area (Å²) in [5.41, 5.74) is 2.55. The smallest absolute Gasteiger partial charge is 0.188 e. The number of hydrogen-bond donors (Lipinski definition) is 0. The summed E-state index contributed by atoms with van der Waals surface area (Å²) in [5.74, 6) is 1.19. The zero-order chi connectivity index (χ0) is 15.1. The van der Waals surface area contributed by atoms with Crippen molar-refractivity contribution in [3.63, 3.8) is 0 Å². The lowest BCUT2D eigenvalue weighted by atomic mass is 9.88. The van der Waals surface area contributed by atoms with E-state index in [0.717, 1.165) is 12.2 Å². The van der Waals surface area contributed by atoms with Crippen molar-refractivity contribution in [1.82, 2.24) is 0 Å². The molecule has 0 saturated carbocycles. The van der Waals surface area contributed by atoms with Gasteiger partial charge in [-0.3, -0.25) is 0 Å². The summed E-state index contributed by atoms with van der Waals surface area (Å²) in [7, 11) is 1.63. The molecule has 3 nitrogen and oxygen atoms in total. The third kappa shape index (κ3) is 5.03. The highest BCUT2D eigenvalue weighted by molar-refractivity contribution is 5.34. The fraction of sp³-hybridized carbons (Fsp3) is 0.444. The van der Waals surface area contributed by atoms with E-state index < -0.39 is 0 Å². The van der Waals surface area contributed by atoms with E-state index in [1.54, 1.807) is 7.11 Å². The molecule has 0 spiro atoms. The largest absolute Gasteiger partial charge is 0.468 e. The van der Waals surface area contributed by atoms with E-state index in [4.69, 9.17) is 14.2 Å². The summed E-state index contributed by atoms with van der Waals surface area (Å²) in [6, 6.07) is 10.5. The minimum absolute atomic E-state index is 0.232. The first-order chi connectivity index (χ1) is 10.2. The molecule has 1 aromatic carbocycles. The van der Waals surface area contributed by atoms with Gasteiger partial charge in [-0.1, -0.05) is 30.3 Å². The molecule has 0 fully saturated rings. The second-order valence-electron chi connectivity index (χ2n) is 5.50. The molecule has 21 heavy (non-hydrogen) atoms. The van der Waals surface area contributed by atoms with Crippen LogP contribution < -0.4 is 0 Å². The average Bonchev–Trinajstić information content (AvgIpc) is 2.51. The van der Waals surface area contributed by atoms with Gasteiger partial charge in [0.2, 0.25) is 0 Å². The molecule has 0 radical (unpaired) electrons. The summed E-state index contributed by atoms with van der Waals surface area (Å²) in [4.78, 5) is 0. The first-order valence-corrected chi connectivity index (χ1v) is 7.38. The van der Waals surface area contributed by atoms with Gasteiger partial charge in [-0.15, -0.1) is 0 Å². The molecule has 0 heterocycles. The van der Waals surface area contributed by atoms with E-state index in [2.05, 4.69) is 50.3 Å². The Bertz CT molecular complexity index is 488. The molecule has 114 valence electrons. The average molecular weight is 288 g/mol. The van der Waals surface area contributed by atoms with Crippen molar-refractivity contribution >= 4 is 0 Å². The van der Waals surface area contributed by atoms with Gasteiger partial charge in [-0.05, 0) is 43.6 Å². The molecule has 0 amide bonds. The van der Waals surface area contributed by atoms with Crippen molar-refractivity contribution in [2.45, 2.75) is 32.3 Å². The van der Waals surface area contributed by atoms with Crippen molar-refractivity contribution in [3.8, 4) is 0 Å². The van der Waals surface area contributed by atoms with Crippen LogP contribution in [0.5, 0.6) is 0 Å². The maximum absolute atomic E-state index is 5.74. The highest BCUT2D eigenvalue weighted by Crippen LogP contribution is 2.31. The van der Waals surface area contributed by atoms with E-state index >= 15 is 0 Å². The van der Waals surface area contributed by atoms with Crippen LogP contribution in [0.1, 0.15) is 31.7 Å². The molecule has 0 bridgehead atoms. The maximum Gasteiger partial charge on any atom is 0.188 e. The van der Waals surface area contributed by atoms with Gasteiger partial charge >= 0.3 is 0 Å². The van der Waals surface area contributed by atoms with Crippen LogP contribution in [0.2, 0.25) is 0 Å². The molecule has 2 rings (SSSR count). The number of methoxy groups -OCH3 is 1. The predicted molar refractivity (Wildman–Crippen MR) is 84.0 cm³/mol. The van der Waals surface area contributed by atoms with Crippen LogP contribution in [-0.2, 0) is 14.2 Å². The van der Waals surface area contributed by atoms with E-state index in [1.807, 2.05) is 6.07 Å². The number of rotatable bonds is 7. The summed E-state index contributed by atoms with van der Waals surface area (Å²) in [6.45, 7) is 5.02. The lowest BCUT2D eigenvalue weighted by Gasteiger charge is -2.23. The van der Waals surface area contributed by atoms with Gasteiger partial charge < -0.3 is 14.2 Å². The molecule has 1 aliphatic rings. The maximum atomic E-state index is 5.74. The van der Waals surface area contributed by atoms with Crippen molar-refractivity contribution in [3.05, 3.63) is 59.4 Å². The Morgan fingerprint density at radius 1 is 1.19 bits per heavy atom. The Balaban J connectivity index is 2.12. The van der Waals surface area contributed by atoms with Crippen molar-refractivity contribution < 1.29 is 14.2 Å². The minimum atomic E-state index is 0.232. The minimum Gasteiger partial charge on any atom is -0.468 e. The standard InChI is InChI=1S/C18H24O3/c1-14(2)20-12-15-9-17(16-7-5-4-6-8-16)11-18(10-15)21-13-19-3/h4-8,10-11,14,17H,9,12-13H2,1-3H3. The highest BCUT2D eigenvalue weighted by atomic mass is 16.7. The van der Waals surface area contributed by atoms with Crippen LogP contribution in [-0.4, -0.2) is 26.6 Å².